The Morgan fingerprint density at radius 2 is 1.92 bits per heavy atom. The summed E-state index contributed by atoms with van der Waals surface area (Å²) < 4.78 is 5.10. The van der Waals surface area contributed by atoms with Gasteiger partial charge < -0.3 is 10.1 Å². The summed E-state index contributed by atoms with van der Waals surface area (Å²) >= 11 is 7.43. The lowest BCUT2D eigenvalue weighted by Gasteiger charge is -2.03. The number of benzene rings is 2. The number of nitrogens with one attached hydrogen (secondary N) is 1. The molecule has 0 unspecified atom stereocenters. The van der Waals surface area contributed by atoms with Gasteiger partial charge in [0.2, 0.25) is 11.0 Å². The molecule has 0 radical (unpaired) electrons. The number of anilines is 1. The van der Waals surface area contributed by atoms with Gasteiger partial charge in [0.25, 0.3) is 0 Å². The van der Waals surface area contributed by atoms with Crippen molar-refractivity contribution in [2.75, 3.05) is 12.4 Å². The number of carbonyl (C=O) groups excluding carboxylic acids is 1. The molecule has 24 heavy (non-hydrogen) atoms. The minimum Gasteiger partial charge on any atom is -0.497 e. The zero-order valence-electron chi connectivity index (χ0n) is 12.8. The molecular weight excluding hydrogens is 346 g/mol. The summed E-state index contributed by atoms with van der Waals surface area (Å²) in [5.74, 6) is 0.606. The zero-order chi connectivity index (χ0) is 16.9. The molecule has 0 aliphatic rings. The van der Waals surface area contributed by atoms with Crippen LogP contribution in [0, 0.1) is 0 Å². The van der Waals surface area contributed by atoms with Crippen molar-refractivity contribution in [2.24, 2.45) is 0 Å². The molecule has 0 atom stereocenters. The van der Waals surface area contributed by atoms with Gasteiger partial charge in [-0.1, -0.05) is 53.3 Å². The number of hydrogen-bond acceptors (Lipinski definition) is 5. The molecule has 1 N–H and O–H groups in total. The quantitative estimate of drug-likeness (QED) is 0.746. The first-order valence-electron chi connectivity index (χ1n) is 7.17. The van der Waals surface area contributed by atoms with Crippen molar-refractivity contribution in [3.05, 3.63) is 59.1 Å². The van der Waals surface area contributed by atoms with E-state index in [4.69, 9.17) is 16.3 Å². The highest BCUT2D eigenvalue weighted by Crippen LogP contribution is 2.31. The molecule has 0 fully saturated rings. The molecule has 7 heteroatoms. The third-order valence-electron chi connectivity index (χ3n) is 3.30. The molecule has 3 aromatic rings. The maximum atomic E-state index is 12.1. The third-order valence-corrected chi connectivity index (χ3v) is 4.50. The molecule has 1 aromatic heterocycles. The van der Waals surface area contributed by atoms with Crippen molar-refractivity contribution >= 4 is 34.0 Å². The maximum absolute atomic E-state index is 12.1. The minimum atomic E-state index is -0.151. The fourth-order valence-electron chi connectivity index (χ4n) is 2.11. The van der Waals surface area contributed by atoms with Gasteiger partial charge in [0.15, 0.2) is 5.01 Å². The van der Waals surface area contributed by atoms with Crippen molar-refractivity contribution in [2.45, 2.75) is 6.42 Å². The predicted molar refractivity (Wildman–Crippen MR) is 95.7 cm³/mol. The lowest BCUT2D eigenvalue weighted by Crippen LogP contribution is -2.14. The van der Waals surface area contributed by atoms with Gasteiger partial charge >= 0.3 is 0 Å². The van der Waals surface area contributed by atoms with E-state index in [1.165, 1.54) is 11.3 Å². The van der Waals surface area contributed by atoms with Crippen LogP contribution in [-0.2, 0) is 11.2 Å². The van der Waals surface area contributed by atoms with Gasteiger partial charge in [-0.25, -0.2) is 0 Å². The second-order valence-corrected chi connectivity index (χ2v) is 6.35. The van der Waals surface area contributed by atoms with Crippen LogP contribution in [-0.4, -0.2) is 23.2 Å². The Kier molecular flexibility index (Phi) is 5.08. The van der Waals surface area contributed by atoms with Crippen molar-refractivity contribution in [3.63, 3.8) is 0 Å². The standard InChI is InChI=1S/C17H14ClN3O2S/c1-23-12-8-6-11(7-9-12)10-15(22)19-17-21-20-16(24-17)13-4-2-3-5-14(13)18/h2-9H,10H2,1H3,(H,19,21,22). The number of halogens is 1. The van der Waals surface area contributed by atoms with Crippen molar-refractivity contribution < 1.29 is 9.53 Å². The van der Waals surface area contributed by atoms with Gasteiger partial charge in [-0.3, -0.25) is 4.79 Å². The Morgan fingerprint density at radius 3 is 2.62 bits per heavy atom. The zero-order valence-corrected chi connectivity index (χ0v) is 14.4. The highest BCUT2D eigenvalue weighted by Gasteiger charge is 2.12. The average molecular weight is 360 g/mol. The van der Waals surface area contributed by atoms with E-state index in [0.29, 0.717) is 15.2 Å². The minimum absolute atomic E-state index is 0.151. The first kappa shape index (κ1) is 16.4. The van der Waals surface area contributed by atoms with Gasteiger partial charge in [-0.2, -0.15) is 0 Å². The molecule has 0 saturated heterocycles. The van der Waals surface area contributed by atoms with Gasteiger partial charge in [-0.15, -0.1) is 10.2 Å². The van der Waals surface area contributed by atoms with Crippen LogP contribution in [0.2, 0.25) is 5.02 Å². The van der Waals surface area contributed by atoms with E-state index in [9.17, 15) is 4.79 Å². The number of aromatic nitrogens is 2. The summed E-state index contributed by atoms with van der Waals surface area (Å²) in [7, 11) is 1.60. The molecule has 1 heterocycles. The summed E-state index contributed by atoms with van der Waals surface area (Å²) in [6, 6.07) is 14.7. The fraction of sp³-hybridized carbons (Fsp3) is 0.118. The number of ether oxygens (including phenoxy) is 1. The van der Waals surface area contributed by atoms with Crippen LogP contribution >= 0.6 is 22.9 Å². The Balaban J connectivity index is 1.66. The van der Waals surface area contributed by atoms with E-state index in [1.807, 2.05) is 42.5 Å². The van der Waals surface area contributed by atoms with Crippen LogP contribution in [0.4, 0.5) is 5.13 Å². The predicted octanol–water partition coefficient (Wildman–Crippen LogP) is 4.05. The van der Waals surface area contributed by atoms with Gasteiger partial charge in [0.1, 0.15) is 5.75 Å². The summed E-state index contributed by atoms with van der Waals surface area (Å²) in [6.45, 7) is 0. The molecule has 0 aliphatic carbocycles. The summed E-state index contributed by atoms with van der Waals surface area (Å²) in [4.78, 5) is 12.1. The van der Waals surface area contributed by atoms with Crippen molar-refractivity contribution in [3.8, 4) is 16.3 Å². The summed E-state index contributed by atoms with van der Waals surface area (Å²) in [6.07, 6.45) is 0.255. The van der Waals surface area contributed by atoms with Crippen LogP contribution in [0.25, 0.3) is 10.6 Å². The first-order chi connectivity index (χ1) is 11.7. The summed E-state index contributed by atoms with van der Waals surface area (Å²) in [5, 5.41) is 12.6. The van der Waals surface area contributed by atoms with Crippen LogP contribution in [0.5, 0.6) is 5.75 Å². The highest BCUT2D eigenvalue weighted by molar-refractivity contribution is 7.18. The largest absolute Gasteiger partial charge is 0.497 e. The van der Waals surface area contributed by atoms with E-state index in [0.717, 1.165) is 16.9 Å². The van der Waals surface area contributed by atoms with E-state index in [2.05, 4.69) is 15.5 Å². The van der Waals surface area contributed by atoms with Crippen molar-refractivity contribution in [1.82, 2.24) is 10.2 Å². The van der Waals surface area contributed by atoms with Crippen LogP contribution in [0.15, 0.2) is 48.5 Å². The second kappa shape index (κ2) is 7.42. The normalized spacial score (nSPS) is 10.4. The molecule has 3 rings (SSSR count). The highest BCUT2D eigenvalue weighted by atomic mass is 35.5. The number of methoxy groups -OCH3 is 1. The molecule has 5 nitrogen and oxygen atoms in total. The molecule has 0 aliphatic heterocycles. The van der Waals surface area contributed by atoms with Gasteiger partial charge in [0.05, 0.1) is 18.6 Å². The topological polar surface area (TPSA) is 64.1 Å². The summed E-state index contributed by atoms with van der Waals surface area (Å²) in [5.41, 5.74) is 1.69. The lowest BCUT2D eigenvalue weighted by atomic mass is 10.1. The fourth-order valence-corrected chi connectivity index (χ4v) is 3.19. The number of amides is 1. The Bertz CT molecular complexity index is 849. The molecule has 122 valence electrons. The van der Waals surface area contributed by atoms with Crippen LogP contribution < -0.4 is 10.1 Å². The Hall–Kier alpha value is -2.44. The third kappa shape index (κ3) is 3.90. The molecule has 0 spiro atoms. The van der Waals surface area contributed by atoms with E-state index < -0.39 is 0 Å². The smallest absolute Gasteiger partial charge is 0.230 e. The van der Waals surface area contributed by atoms with E-state index >= 15 is 0 Å². The maximum Gasteiger partial charge on any atom is 0.230 e. The van der Waals surface area contributed by atoms with E-state index in [1.54, 1.807) is 13.2 Å². The average Bonchev–Trinajstić information content (AvgIpc) is 3.04. The molecule has 1 amide bonds. The Morgan fingerprint density at radius 1 is 1.17 bits per heavy atom. The van der Waals surface area contributed by atoms with Gasteiger partial charge in [0, 0.05) is 5.56 Å². The number of hydrogen-bond donors (Lipinski definition) is 1. The van der Waals surface area contributed by atoms with Crippen LogP contribution in [0.1, 0.15) is 5.56 Å². The first-order valence-corrected chi connectivity index (χ1v) is 8.36. The molecular formula is C17H14ClN3O2S. The molecule has 0 bridgehead atoms. The Labute approximate surface area is 148 Å². The van der Waals surface area contributed by atoms with Crippen molar-refractivity contribution in [1.29, 1.82) is 0 Å². The number of carbonyl (C=O) groups is 1. The molecule has 2 aromatic carbocycles. The molecule has 0 saturated carbocycles. The van der Waals surface area contributed by atoms with Crippen LogP contribution in [0.3, 0.4) is 0 Å². The number of rotatable bonds is 5. The SMILES string of the molecule is COc1ccc(CC(=O)Nc2nnc(-c3ccccc3Cl)s2)cc1. The lowest BCUT2D eigenvalue weighted by molar-refractivity contribution is -0.115. The second-order valence-electron chi connectivity index (χ2n) is 4.97. The number of nitrogens with zero attached hydrogens (tertiary/aromatic N) is 2. The monoisotopic (exact) mass is 359 g/mol. The van der Waals surface area contributed by atoms with Gasteiger partial charge in [-0.05, 0) is 23.8 Å². The van der Waals surface area contributed by atoms with E-state index in [-0.39, 0.29) is 12.3 Å².